The van der Waals surface area contributed by atoms with E-state index < -0.39 is 0 Å². The molecular weight excluding hydrogens is 911 g/mol. The van der Waals surface area contributed by atoms with Crippen LogP contribution in [0.25, 0.3) is 10.6 Å². The van der Waals surface area contributed by atoms with Crippen LogP contribution in [0.2, 0.25) is 0 Å². The molecule has 0 saturated carbocycles. The average Bonchev–Trinajstić information content (AvgIpc) is 4.02. The van der Waals surface area contributed by atoms with E-state index in [1.165, 1.54) is 36.8 Å². The summed E-state index contributed by atoms with van der Waals surface area (Å²) in [6, 6.07) is 20.2. The fraction of sp³-hybridized carbons (Fsp3) is 0.364. The molecular formula is C44H50MoN6O6Pd. The molecule has 308 valence electrons. The molecule has 0 amide bonds. The van der Waals surface area contributed by atoms with Gasteiger partial charge in [0.2, 0.25) is 0 Å². The molecule has 2 aromatic heterocycles. The van der Waals surface area contributed by atoms with Crippen molar-refractivity contribution in [3.8, 4) is 0 Å². The van der Waals surface area contributed by atoms with E-state index in [0.29, 0.717) is 24.8 Å². The monoisotopic (exact) mass is 962 g/mol. The van der Waals surface area contributed by atoms with E-state index in [2.05, 4.69) is 102 Å². The van der Waals surface area contributed by atoms with Gasteiger partial charge in [-0.15, -0.1) is 0 Å². The van der Waals surface area contributed by atoms with E-state index in [4.69, 9.17) is 48.7 Å². The Morgan fingerprint density at radius 2 is 0.845 bits per heavy atom. The van der Waals surface area contributed by atoms with Gasteiger partial charge in [0.25, 0.3) is 0 Å². The number of pyridine rings is 2. The predicted molar refractivity (Wildman–Crippen MR) is 214 cm³/mol. The molecule has 2 aliphatic rings. The molecule has 4 aromatic rings. The van der Waals surface area contributed by atoms with Crippen molar-refractivity contribution in [1.29, 1.82) is 0 Å². The van der Waals surface area contributed by atoms with Crippen molar-refractivity contribution >= 4 is 23.0 Å². The maximum atomic E-state index is 7.50. The maximum Gasteiger partial charge on any atom is 2.00 e. The molecule has 0 aliphatic carbocycles. The van der Waals surface area contributed by atoms with Crippen LogP contribution in [0.5, 0.6) is 0 Å². The zero-order valence-electron chi connectivity index (χ0n) is 33.9. The number of nitrogens with zero attached hydrogens (tertiary/aromatic N) is 6. The summed E-state index contributed by atoms with van der Waals surface area (Å²) in [5.41, 5.74) is 10.2. The molecule has 6 rings (SSSR count). The summed E-state index contributed by atoms with van der Waals surface area (Å²) in [5, 5.41) is 9.84. The number of aliphatic imine (C=N–C) groups is 2. The number of hydrogen-bond donors (Lipinski definition) is 0. The second kappa shape index (κ2) is 37.2. The first-order valence-corrected chi connectivity index (χ1v) is 17.8. The second-order valence-electron chi connectivity index (χ2n) is 12.3. The average molecular weight is 961 g/mol. The minimum absolute atomic E-state index is 0. The van der Waals surface area contributed by atoms with Crippen molar-refractivity contribution in [3.63, 3.8) is 0 Å². The van der Waals surface area contributed by atoms with Gasteiger partial charge in [0.1, 0.15) is 0 Å². The smallest absolute Gasteiger partial charge is 0 e. The third-order valence-electron chi connectivity index (χ3n) is 7.79. The molecule has 2 aliphatic heterocycles. The molecule has 0 N–H and O–H groups in total. The predicted octanol–water partition coefficient (Wildman–Crippen LogP) is 9.67. The summed E-state index contributed by atoms with van der Waals surface area (Å²) in [6.07, 6.45) is 8.66. The number of benzene rings is 2. The summed E-state index contributed by atoms with van der Waals surface area (Å²) in [6.45, 7) is 35.2. The molecule has 0 unspecified atom stereocenters. The van der Waals surface area contributed by atoms with Crippen molar-refractivity contribution in [2.75, 3.05) is 26.4 Å². The van der Waals surface area contributed by atoms with E-state index in [9.17, 15) is 0 Å². The van der Waals surface area contributed by atoms with Gasteiger partial charge >= 0.3 is 65.6 Å². The Morgan fingerprint density at radius 3 is 1.07 bits per heavy atom. The summed E-state index contributed by atoms with van der Waals surface area (Å²) in [5.74, 6) is 0.946. The quantitative estimate of drug-likeness (QED) is 0.0615. The van der Waals surface area contributed by atoms with E-state index in [1.807, 2.05) is 36.4 Å². The minimum Gasteiger partial charge on any atom is 0 e. The van der Waals surface area contributed by atoms with E-state index in [0.717, 1.165) is 71.4 Å². The van der Waals surface area contributed by atoms with Crippen LogP contribution in [0.15, 0.2) is 83.0 Å². The zero-order valence-corrected chi connectivity index (χ0v) is 37.4. The van der Waals surface area contributed by atoms with Crippen LogP contribution >= 0.6 is 0 Å². The molecule has 2 aromatic carbocycles. The maximum absolute atomic E-state index is 7.50. The fourth-order valence-corrected chi connectivity index (χ4v) is 5.54. The normalized spacial score (nSPS) is 12.1. The van der Waals surface area contributed by atoms with Crippen molar-refractivity contribution in [2.24, 2.45) is 9.98 Å². The second-order valence-corrected chi connectivity index (χ2v) is 12.3. The van der Waals surface area contributed by atoms with Gasteiger partial charge in [0.05, 0.1) is 0 Å². The van der Waals surface area contributed by atoms with Gasteiger partial charge < -0.3 is 30.1 Å². The van der Waals surface area contributed by atoms with Crippen molar-refractivity contribution in [3.05, 3.63) is 155 Å². The summed E-state index contributed by atoms with van der Waals surface area (Å²) in [4.78, 5) is 19.1. The first-order valence-electron chi connectivity index (χ1n) is 17.8. The number of hydrogen-bond acceptors (Lipinski definition) is 6. The third-order valence-corrected chi connectivity index (χ3v) is 7.79. The largest absolute Gasteiger partial charge is 2.00 e. The first-order chi connectivity index (χ1) is 27.3. The van der Waals surface area contributed by atoms with Crippen LogP contribution < -0.4 is 0 Å². The Labute approximate surface area is 372 Å². The van der Waals surface area contributed by atoms with Crippen molar-refractivity contribution < 1.29 is 69.6 Å². The van der Waals surface area contributed by atoms with Gasteiger partial charge in [-0.05, 0) is 138 Å². The number of aryl methyl sites for hydroxylation is 6. The van der Waals surface area contributed by atoms with Crippen LogP contribution in [0.1, 0.15) is 70.5 Å². The standard InChI is InChI=1S/C32H34N6.2C4H8O.4CO.Mo.Pd/c1-21-15-23(3)29(24(4)16-21)37-31(35-19-27-11-7-9-13-33-27)32(36-20-28-12-8-10-14-34-28)38-30-25(5)17-22(2)18-26(30)6;2*1-2-4-5-3-1;4*1-2;;/h7-18H,19-20H2,1-6H3;2*1-4H2;;;;;;/q-2;;;;;;;;+2. The van der Waals surface area contributed by atoms with Crippen molar-refractivity contribution in [1.82, 2.24) is 9.97 Å². The Kier molecular flexibility index (Phi) is 37.3. The molecule has 0 radical (unpaired) electrons. The third kappa shape index (κ3) is 23.3. The Morgan fingerprint density at radius 1 is 0.552 bits per heavy atom. The fourth-order valence-electron chi connectivity index (χ4n) is 5.54. The topological polar surface area (TPSA) is 177 Å². The summed E-state index contributed by atoms with van der Waals surface area (Å²) in [7, 11) is 0. The first kappa shape index (κ1) is 58.2. The minimum atomic E-state index is 0. The van der Waals surface area contributed by atoms with Crippen LogP contribution in [0.3, 0.4) is 0 Å². The Bertz CT molecular complexity index is 1640. The van der Waals surface area contributed by atoms with Crippen LogP contribution in [-0.2, 0) is 82.7 Å². The van der Waals surface area contributed by atoms with Gasteiger partial charge in [0, 0.05) is 71.3 Å². The molecule has 14 heteroatoms. The molecule has 2 fully saturated rings. The van der Waals surface area contributed by atoms with Crippen LogP contribution in [-0.4, -0.2) is 48.1 Å². The van der Waals surface area contributed by atoms with E-state index in [1.54, 1.807) is 12.4 Å². The SMILES string of the molecule is C1CCOC1.C1CCOC1.Cc1cc(C)c(N=C([N-]Cc2ccccn2)C(=Nc2c(C)cc(C)cc2C)[N-]Cc2ccccn2)c(C)c1.[C-]#[O+].[C-]#[O+].[C-]#[O+].[C-]#[O+].[Mo].[Pd+2]. The van der Waals surface area contributed by atoms with Gasteiger partial charge in [-0.3, -0.25) is 9.97 Å². The molecule has 0 atom stereocenters. The molecule has 0 bridgehead atoms. The van der Waals surface area contributed by atoms with Crippen LogP contribution in [0.4, 0.5) is 11.4 Å². The molecule has 4 heterocycles. The van der Waals surface area contributed by atoms with Gasteiger partial charge in [-0.1, -0.05) is 59.2 Å². The van der Waals surface area contributed by atoms with Crippen molar-refractivity contribution in [2.45, 2.75) is 80.3 Å². The number of rotatable bonds is 6. The number of amidine groups is 2. The van der Waals surface area contributed by atoms with E-state index in [-0.39, 0.29) is 41.5 Å². The summed E-state index contributed by atoms with van der Waals surface area (Å²) >= 11 is 0. The van der Waals surface area contributed by atoms with Gasteiger partial charge in [-0.2, -0.15) is 0 Å². The van der Waals surface area contributed by atoms with E-state index >= 15 is 0 Å². The molecule has 12 nitrogen and oxygen atoms in total. The molecule has 58 heavy (non-hydrogen) atoms. The number of ether oxygens (including phenoxy) is 2. The van der Waals surface area contributed by atoms with Crippen LogP contribution in [0, 0.1) is 68.1 Å². The zero-order chi connectivity index (χ0) is 42.1. The van der Waals surface area contributed by atoms with Gasteiger partial charge in [-0.25, -0.2) is 0 Å². The molecule has 0 spiro atoms. The summed E-state index contributed by atoms with van der Waals surface area (Å²) < 4.78 is 39.9. The van der Waals surface area contributed by atoms with Gasteiger partial charge in [0.15, 0.2) is 0 Å². The Hall–Kier alpha value is -4.09. The number of aromatic nitrogens is 2. The molecule has 2 saturated heterocycles. The Balaban J connectivity index is -0.00000127.